The van der Waals surface area contributed by atoms with Crippen LogP contribution in [0.3, 0.4) is 0 Å². The van der Waals surface area contributed by atoms with Crippen LogP contribution in [-0.2, 0) is 0 Å². The Hall–Kier alpha value is -0.960. The first-order valence-corrected chi connectivity index (χ1v) is 7.89. The molecule has 0 radical (unpaired) electrons. The van der Waals surface area contributed by atoms with Gasteiger partial charge in [-0.15, -0.1) is 0 Å². The average Bonchev–Trinajstić information content (AvgIpc) is 2.84. The molecule has 0 aromatic heterocycles. The van der Waals surface area contributed by atoms with Crippen LogP contribution in [-0.4, -0.2) is 6.54 Å². The average molecular weight is 277 g/mol. The summed E-state index contributed by atoms with van der Waals surface area (Å²) in [5, 5.41) is 3.36. The van der Waals surface area contributed by atoms with Crippen LogP contribution in [0.15, 0.2) is 18.2 Å². The lowest BCUT2D eigenvalue weighted by atomic mass is 9.92. The van der Waals surface area contributed by atoms with Crippen molar-refractivity contribution in [3.63, 3.8) is 0 Å². The van der Waals surface area contributed by atoms with Crippen LogP contribution in [0, 0.1) is 41.2 Å². The van der Waals surface area contributed by atoms with Crippen molar-refractivity contribution in [3.8, 4) is 0 Å². The van der Waals surface area contributed by atoms with Gasteiger partial charge in [-0.25, -0.2) is 8.78 Å². The summed E-state index contributed by atoms with van der Waals surface area (Å²) < 4.78 is 28.2. The highest BCUT2D eigenvalue weighted by Gasteiger charge is 2.67. The molecule has 1 N–H and O–H groups in total. The van der Waals surface area contributed by atoms with Crippen molar-refractivity contribution >= 4 is 0 Å². The van der Waals surface area contributed by atoms with E-state index in [1.54, 1.807) is 0 Å². The molecule has 3 aliphatic rings. The van der Waals surface area contributed by atoms with E-state index in [2.05, 4.69) is 5.32 Å². The monoisotopic (exact) mass is 277 g/mol. The Morgan fingerprint density at radius 1 is 1.15 bits per heavy atom. The minimum Gasteiger partial charge on any atom is -0.310 e. The van der Waals surface area contributed by atoms with Gasteiger partial charge in [0.25, 0.3) is 0 Å². The number of hydrogen-bond acceptors (Lipinski definition) is 1. The molecule has 1 aromatic rings. The second kappa shape index (κ2) is 4.52. The van der Waals surface area contributed by atoms with Crippen LogP contribution in [0.2, 0.25) is 0 Å². The molecule has 1 aromatic carbocycles. The van der Waals surface area contributed by atoms with Crippen LogP contribution in [0.25, 0.3) is 0 Å². The molecule has 0 amide bonds. The number of halogens is 2. The van der Waals surface area contributed by atoms with Crippen LogP contribution in [0.4, 0.5) is 8.78 Å². The van der Waals surface area contributed by atoms with Gasteiger partial charge in [0, 0.05) is 11.6 Å². The van der Waals surface area contributed by atoms with Gasteiger partial charge >= 0.3 is 0 Å². The third-order valence-electron chi connectivity index (χ3n) is 5.91. The van der Waals surface area contributed by atoms with E-state index in [1.165, 1.54) is 37.5 Å². The van der Waals surface area contributed by atoms with Gasteiger partial charge in [0.1, 0.15) is 11.6 Å². The van der Waals surface area contributed by atoms with E-state index in [-0.39, 0.29) is 11.6 Å². The molecule has 0 aliphatic heterocycles. The molecular weight excluding hydrogens is 256 g/mol. The van der Waals surface area contributed by atoms with E-state index in [1.807, 2.05) is 6.92 Å². The summed E-state index contributed by atoms with van der Waals surface area (Å²) in [6.45, 7) is 2.77. The normalized spacial score (nSPS) is 38.9. The topological polar surface area (TPSA) is 12.0 Å². The Kier molecular flexibility index (Phi) is 2.88. The molecule has 0 saturated heterocycles. The van der Waals surface area contributed by atoms with E-state index in [9.17, 15) is 8.78 Å². The lowest BCUT2D eigenvalue weighted by Gasteiger charge is -2.22. The highest BCUT2D eigenvalue weighted by Crippen LogP contribution is 2.72. The van der Waals surface area contributed by atoms with Crippen molar-refractivity contribution < 1.29 is 8.78 Å². The standard InChI is InChI=1S/C17H21F2N/c1-2-20-17(15-11(18)4-3-5-12(15)19)16-13-9-6-7-10(8-9)14(13)16/h3-5,9-10,13-14,16-17,20H,2,6-8H2,1H3. The van der Waals surface area contributed by atoms with Crippen molar-refractivity contribution in [2.75, 3.05) is 6.54 Å². The molecule has 3 aliphatic carbocycles. The zero-order chi connectivity index (χ0) is 13.9. The van der Waals surface area contributed by atoms with Gasteiger partial charge in [-0.2, -0.15) is 0 Å². The summed E-state index contributed by atoms with van der Waals surface area (Å²) in [5.74, 6) is 2.75. The number of hydrogen-bond donors (Lipinski definition) is 1. The third-order valence-corrected chi connectivity index (χ3v) is 5.91. The Bertz CT molecular complexity index is 493. The molecule has 3 heteroatoms. The van der Waals surface area contributed by atoms with Gasteiger partial charge in [-0.3, -0.25) is 0 Å². The molecule has 1 nitrogen and oxygen atoms in total. The highest BCUT2D eigenvalue weighted by molar-refractivity contribution is 5.29. The molecule has 3 fully saturated rings. The number of rotatable bonds is 4. The zero-order valence-corrected chi connectivity index (χ0v) is 11.8. The third kappa shape index (κ3) is 1.68. The Morgan fingerprint density at radius 3 is 2.30 bits per heavy atom. The first-order valence-electron chi connectivity index (χ1n) is 7.89. The first-order chi connectivity index (χ1) is 9.72. The van der Waals surface area contributed by atoms with Crippen molar-refractivity contribution in [1.29, 1.82) is 0 Å². The SMILES string of the molecule is CCNC(c1c(F)cccc1F)C1C2C3CCC(C3)C21. The Morgan fingerprint density at radius 2 is 1.75 bits per heavy atom. The summed E-state index contributed by atoms with van der Waals surface area (Å²) in [5.41, 5.74) is 0.271. The summed E-state index contributed by atoms with van der Waals surface area (Å²) >= 11 is 0. The first kappa shape index (κ1) is 12.8. The summed E-state index contributed by atoms with van der Waals surface area (Å²) in [6.07, 6.45) is 4.03. The van der Waals surface area contributed by atoms with Crippen molar-refractivity contribution in [3.05, 3.63) is 35.4 Å². The fraction of sp³-hybridized carbons (Fsp3) is 0.647. The Labute approximate surface area is 118 Å². The lowest BCUT2D eigenvalue weighted by molar-refractivity contribution is 0.356. The van der Waals surface area contributed by atoms with Gasteiger partial charge in [-0.05, 0) is 67.5 Å². The quantitative estimate of drug-likeness (QED) is 0.880. The van der Waals surface area contributed by atoms with Gasteiger partial charge < -0.3 is 5.32 Å². The van der Waals surface area contributed by atoms with E-state index in [4.69, 9.17) is 0 Å². The molecule has 20 heavy (non-hydrogen) atoms. The van der Waals surface area contributed by atoms with Gasteiger partial charge in [-0.1, -0.05) is 13.0 Å². The highest BCUT2D eigenvalue weighted by atomic mass is 19.1. The predicted molar refractivity (Wildman–Crippen MR) is 74.1 cm³/mol. The van der Waals surface area contributed by atoms with E-state index in [0.29, 0.717) is 5.92 Å². The number of benzene rings is 1. The second-order valence-electron chi connectivity index (χ2n) is 6.74. The van der Waals surface area contributed by atoms with Crippen LogP contribution in [0.5, 0.6) is 0 Å². The number of nitrogens with one attached hydrogen (secondary N) is 1. The predicted octanol–water partition coefficient (Wildman–Crippen LogP) is 3.91. The maximum Gasteiger partial charge on any atom is 0.130 e. The summed E-state index contributed by atoms with van der Waals surface area (Å²) in [7, 11) is 0. The largest absolute Gasteiger partial charge is 0.310 e. The molecule has 108 valence electrons. The number of fused-ring (bicyclic) bond motifs is 5. The van der Waals surface area contributed by atoms with Crippen LogP contribution < -0.4 is 5.32 Å². The van der Waals surface area contributed by atoms with Crippen LogP contribution in [0.1, 0.15) is 37.8 Å². The van der Waals surface area contributed by atoms with Crippen molar-refractivity contribution in [2.45, 2.75) is 32.2 Å². The molecule has 2 bridgehead atoms. The zero-order valence-electron chi connectivity index (χ0n) is 11.8. The van der Waals surface area contributed by atoms with Crippen molar-refractivity contribution in [1.82, 2.24) is 5.32 Å². The lowest BCUT2D eigenvalue weighted by Crippen LogP contribution is -2.27. The molecule has 3 saturated carbocycles. The fourth-order valence-electron chi connectivity index (χ4n) is 5.30. The molecule has 5 unspecified atom stereocenters. The molecule has 0 heterocycles. The van der Waals surface area contributed by atoms with E-state index in [0.717, 1.165) is 30.2 Å². The van der Waals surface area contributed by atoms with E-state index < -0.39 is 11.6 Å². The Balaban J connectivity index is 1.66. The van der Waals surface area contributed by atoms with Gasteiger partial charge in [0.15, 0.2) is 0 Å². The molecular formula is C17H21F2N. The van der Waals surface area contributed by atoms with Gasteiger partial charge in [0.2, 0.25) is 0 Å². The molecule has 0 spiro atoms. The van der Waals surface area contributed by atoms with Gasteiger partial charge in [0.05, 0.1) is 0 Å². The maximum absolute atomic E-state index is 14.1. The minimum atomic E-state index is -0.395. The fourth-order valence-corrected chi connectivity index (χ4v) is 5.30. The smallest absolute Gasteiger partial charge is 0.130 e. The maximum atomic E-state index is 14.1. The molecule has 4 rings (SSSR count). The summed E-state index contributed by atoms with van der Waals surface area (Å²) in [6, 6.07) is 4.08. The molecule has 5 atom stereocenters. The minimum absolute atomic E-state index is 0.139. The van der Waals surface area contributed by atoms with Crippen molar-refractivity contribution in [2.24, 2.45) is 29.6 Å². The second-order valence-corrected chi connectivity index (χ2v) is 6.74. The van der Waals surface area contributed by atoms with Crippen LogP contribution >= 0.6 is 0 Å². The summed E-state index contributed by atoms with van der Waals surface area (Å²) in [4.78, 5) is 0. The van der Waals surface area contributed by atoms with E-state index >= 15 is 0 Å².